The van der Waals surface area contributed by atoms with E-state index in [4.69, 9.17) is 4.98 Å². The molecule has 146 valence electrons. The zero-order chi connectivity index (χ0) is 19.5. The lowest BCUT2D eigenvalue weighted by molar-refractivity contribution is -0.129. The second kappa shape index (κ2) is 7.87. The van der Waals surface area contributed by atoms with Crippen molar-refractivity contribution >= 4 is 22.9 Å². The van der Waals surface area contributed by atoms with Crippen molar-refractivity contribution in [1.82, 2.24) is 34.4 Å². The average molecular weight is 380 g/mol. The summed E-state index contributed by atoms with van der Waals surface area (Å²) in [5.41, 5.74) is 2.27. The average Bonchev–Trinajstić information content (AvgIpc) is 3.37. The molecule has 0 unspecified atom stereocenters. The number of nitrogens with zero attached hydrogens (tertiary/aromatic N) is 7. The zero-order valence-electron chi connectivity index (χ0n) is 16.2. The van der Waals surface area contributed by atoms with Gasteiger partial charge in [-0.15, -0.1) is 0 Å². The van der Waals surface area contributed by atoms with Gasteiger partial charge in [0.15, 0.2) is 17.0 Å². The maximum absolute atomic E-state index is 12.2. The van der Waals surface area contributed by atoms with E-state index >= 15 is 0 Å². The molecule has 3 aromatic rings. The first kappa shape index (κ1) is 18.3. The Morgan fingerprint density at radius 2 is 1.89 bits per heavy atom. The summed E-state index contributed by atoms with van der Waals surface area (Å²) in [6.45, 7) is 6.87. The number of nitrogens with one attached hydrogen (secondary N) is 1. The molecule has 1 amide bonds. The van der Waals surface area contributed by atoms with E-state index in [1.165, 1.54) is 6.33 Å². The molecule has 0 aliphatic carbocycles. The standard InChI is InChI=1S/C19H24N8O/c1-3-27-18(14-10-21-13(2)22-11-14)25-16-17(23-12-24-19(16)27)20-7-6-15(28)26-8-4-5-9-26/h10-12H,3-9H2,1-2H3,(H,20,23,24). The number of hydrogen-bond donors (Lipinski definition) is 1. The Morgan fingerprint density at radius 1 is 1.14 bits per heavy atom. The van der Waals surface area contributed by atoms with Crippen molar-refractivity contribution in [2.75, 3.05) is 25.0 Å². The number of likely N-dealkylation sites (tertiary alicyclic amines) is 1. The fraction of sp³-hybridized carbons (Fsp3) is 0.474. The number of imidazole rings is 1. The maximum Gasteiger partial charge on any atom is 0.224 e. The van der Waals surface area contributed by atoms with Gasteiger partial charge in [0.25, 0.3) is 0 Å². The van der Waals surface area contributed by atoms with Gasteiger partial charge in [-0.3, -0.25) is 4.79 Å². The molecule has 0 atom stereocenters. The van der Waals surface area contributed by atoms with Gasteiger partial charge in [-0.25, -0.2) is 24.9 Å². The number of rotatable bonds is 6. The largest absolute Gasteiger partial charge is 0.368 e. The second-order valence-electron chi connectivity index (χ2n) is 6.86. The molecule has 9 nitrogen and oxygen atoms in total. The van der Waals surface area contributed by atoms with Gasteiger partial charge in [-0.1, -0.05) is 0 Å². The van der Waals surface area contributed by atoms with Crippen LogP contribution in [0.3, 0.4) is 0 Å². The van der Waals surface area contributed by atoms with Crippen LogP contribution in [-0.2, 0) is 11.3 Å². The number of aromatic nitrogens is 6. The Hall–Kier alpha value is -3.10. The zero-order valence-corrected chi connectivity index (χ0v) is 16.2. The molecule has 28 heavy (non-hydrogen) atoms. The molecule has 4 heterocycles. The van der Waals surface area contributed by atoms with Gasteiger partial charge < -0.3 is 14.8 Å². The molecule has 0 spiro atoms. The van der Waals surface area contributed by atoms with Crippen LogP contribution in [0.5, 0.6) is 0 Å². The predicted molar refractivity (Wildman–Crippen MR) is 106 cm³/mol. The SMILES string of the molecule is CCn1c(-c2cnc(C)nc2)nc2c(NCCC(=O)N3CCCC3)ncnc21. The normalized spacial score (nSPS) is 14.0. The summed E-state index contributed by atoms with van der Waals surface area (Å²) in [6, 6.07) is 0. The Morgan fingerprint density at radius 3 is 2.61 bits per heavy atom. The molecule has 9 heteroatoms. The lowest BCUT2D eigenvalue weighted by Gasteiger charge is -2.15. The van der Waals surface area contributed by atoms with Gasteiger partial charge in [0.1, 0.15) is 18.0 Å². The highest BCUT2D eigenvalue weighted by molar-refractivity contribution is 5.86. The second-order valence-corrected chi connectivity index (χ2v) is 6.86. The van der Waals surface area contributed by atoms with Crippen molar-refractivity contribution in [3.63, 3.8) is 0 Å². The van der Waals surface area contributed by atoms with Crippen LogP contribution in [0.15, 0.2) is 18.7 Å². The topological polar surface area (TPSA) is 102 Å². The molecule has 0 aromatic carbocycles. The van der Waals surface area contributed by atoms with E-state index < -0.39 is 0 Å². The summed E-state index contributed by atoms with van der Waals surface area (Å²) in [5.74, 6) is 2.30. The number of hydrogen-bond acceptors (Lipinski definition) is 7. The van der Waals surface area contributed by atoms with Crippen molar-refractivity contribution in [3.8, 4) is 11.4 Å². The Balaban J connectivity index is 1.57. The molecule has 1 aliphatic heterocycles. The molecule has 3 aromatic heterocycles. The lowest BCUT2D eigenvalue weighted by Crippen LogP contribution is -2.29. The quantitative estimate of drug-likeness (QED) is 0.698. The van der Waals surface area contributed by atoms with Gasteiger partial charge in [0.05, 0.1) is 5.56 Å². The van der Waals surface area contributed by atoms with E-state index in [-0.39, 0.29) is 5.91 Å². The van der Waals surface area contributed by atoms with Gasteiger partial charge in [0, 0.05) is 45.0 Å². The molecular formula is C19H24N8O. The van der Waals surface area contributed by atoms with E-state index in [0.29, 0.717) is 36.7 Å². The first-order valence-corrected chi connectivity index (χ1v) is 9.69. The third-order valence-corrected chi connectivity index (χ3v) is 4.98. The minimum atomic E-state index is 0.187. The number of carbonyl (C=O) groups is 1. The van der Waals surface area contributed by atoms with E-state index in [0.717, 1.165) is 43.0 Å². The summed E-state index contributed by atoms with van der Waals surface area (Å²) in [5, 5.41) is 3.26. The summed E-state index contributed by atoms with van der Waals surface area (Å²) >= 11 is 0. The predicted octanol–water partition coefficient (Wildman–Crippen LogP) is 2.04. The fourth-order valence-electron chi connectivity index (χ4n) is 3.51. The number of anilines is 1. The van der Waals surface area contributed by atoms with Crippen molar-refractivity contribution in [2.24, 2.45) is 0 Å². The number of amides is 1. The maximum atomic E-state index is 12.2. The smallest absolute Gasteiger partial charge is 0.224 e. The molecule has 4 rings (SSSR count). The van der Waals surface area contributed by atoms with E-state index in [1.807, 2.05) is 23.3 Å². The van der Waals surface area contributed by atoms with Crippen molar-refractivity contribution in [1.29, 1.82) is 0 Å². The van der Waals surface area contributed by atoms with Crippen LogP contribution < -0.4 is 5.32 Å². The molecule has 1 saturated heterocycles. The molecular weight excluding hydrogens is 356 g/mol. The van der Waals surface area contributed by atoms with Gasteiger partial charge >= 0.3 is 0 Å². The van der Waals surface area contributed by atoms with E-state index in [2.05, 4.69) is 25.3 Å². The first-order chi connectivity index (χ1) is 13.7. The Bertz CT molecular complexity index is 976. The molecule has 0 bridgehead atoms. The van der Waals surface area contributed by atoms with Crippen LogP contribution >= 0.6 is 0 Å². The fourth-order valence-corrected chi connectivity index (χ4v) is 3.51. The van der Waals surface area contributed by atoms with Crippen molar-refractivity contribution < 1.29 is 4.79 Å². The molecule has 1 fully saturated rings. The van der Waals surface area contributed by atoms with Crippen LogP contribution in [0.1, 0.15) is 32.0 Å². The van der Waals surface area contributed by atoms with Gasteiger partial charge in [0.2, 0.25) is 5.91 Å². The van der Waals surface area contributed by atoms with Crippen LogP contribution in [0, 0.1) is 6.92 Å². The van der Waals surface area contributed by atoms with Crippen LogP contribution in [0.25, 0.3) is 22.6 Å². The Labute approximate surface area is 163 Å². The Kier molecular flexibility index (Phi) is 5.14. The molecule has 1 aliphatic rings. The number of aryl methyl sites for hydroxylation is 2. The number of fused-ring (bicyclic) bond motifs is 1. The third-order valence-electron chi connectivity index (χ3n) is 4.98. The van der Waals surface area contributed by atoms with Crippen LogP contribution in [-0.4, -0.2) is 59.9 Å². The summed E-state index contributed by atoms with van der Waals surface area (Å²) < 4.78 is 2.02. The first-order valence-electron chi connectivity index (χ1n) is 9.69. The van der Waals surface area contributed by atoms with Gasteiger partial charge in [-0.05, 0) is 26.7 Å². The van der Waals surface area contributed by atoms with Crippen LogP contribution in [0.4, 0.5) is 5.82 Å². The molecule has 0 saturated carbocycles. The number of carbonyl (C=O) groups excluding carboxylic acids is 1. The van der Waals surface area contributed by atoms with Crippen LogP contribution in [0.2, 0.25) is 0 Å². The lowest BCUT2D eigenvalue weighted by atomic mass is 10.3. The van der Waals surface area contributed by atoms with E-state index in [1.54, 1.807) is 12.4 Å². The molecule has 1 N–H and O–H groups in total. The summed E-state index contributed by atoms with van der Waals surface area (Å²) in [7, 11) is 0. The monoisotopic (exact) mass is 380 g/mol. The highest BCUT2D eigenvalue weighted by Gasteiger charge is 2.19. The van der Waals surface area contributed by atoms with E-state index in [9.17, 15) is 4.79 Å². The van der Waals surface area contributed by atoms with Crippen molar-refractivity contribution in [2.45, 2.75) is 39.7 Å². The minimum absolute atomic E-state index is 0.187. The third kappa shape index (κ3) is 3.51. The van der Waals surface area contributed by atoms with Crippen molar-refractivity contribution in [3.05, 3.63) is 24.5 Å². The summed E-state index contributed by atoms with van der Waals surface area (Å²) in [6.07, 6.45) is 7.71. The minimum Gasteiger partial charge on any atom is -0.368 e. The summed E-state index contributed by atoms with van der Waals surface area (Å²) in [4.78, 5) is 36.2. The molecule has 0 radical (unpaired) electrons. The highest BCUT2D eigenvalue weighted by atomic mass is 16.2. The highest BCUT2D eigenvalue weighted by Crippen LogP contribution is 2.26. The van der Waals surface area contributed by atoms with Gasteiger partial charge in [-0.2, -0.15) is 0 Å².